The smallest absolute Gasteiger partial charge is 0.253 e. The van der Waals surface area contributed by atoms with Crippen LogP contribution in [0, 0.1) is 6.92 Å². The van der Waals surface area contributed by atoms with Crippen molar-refractivity contribution in [3.8, 4) is 10.6 Å². The van der Waals surface area contributed by atoms with E-state index in [4.69, 9.17) is 0 Å². The molecule has 112 valence electrons. The number of hydrogen-bond acceptors (Lipinski definition) is 5. The molecule has 0 spiro atoms. The van der Waals surface area contributed by atoms with E-state index in [9.17, 15) is 9.59 Å². The van der Waals surface area contributed by atoms with E-state index in [0.717, 1.165) is 10.6 Å². The molecule has 0 saturated heterocycles. The van der Waals surface area contributed by atoms with Crippen LogP contribution in [-0.4, -0.2) is 15.5 Å². The topological polar surface area (TPSA) is 64.0 Å². The fraction of sp³-hybridized carbons (Fsp3) is 0.133. The number of nitrogens with zero attached hydrogens (tertiary/aromatic N) is 2. The number of aryl methyl sites for hydroxylation is 1. The van der Waals surface area contributed by atoms with E-state index in [0.29, 0.717) is 10.7 Å². The maximum absolute atomic E-state index is 12.0. The lowest BCUT2D eigenvalue weighted by atomic mass is 10.3. The minimum absolute atomic E-state index is 0.0194. The van der Waals surface area contributed by atoms with Crippen LogP contribution in [0.3, 0.4) is 0 Å². The van der Waals surface area contributed by atoms with E-state index in [1.165, 1.54) is 15.9 Å². The number of rotatable bonds is 4. The Morgan fingerprint density at radius 1 is 1.32 bits per heavy atom. The van der Waals surface area contributed by atoms with Gasteiger partial charge in [0.1, 0.15) is 6.54 Å². The third kappa shape index (κ3) is 3.15. The molecule has 0 fully saturated rings. The van der Waals surface area contributed by atoms with Gasteiger partial charge in [0.25, 0.3) is 5.56 Å². The minimum Gasteiger partial charge on any atom is -0.306 e. The molecule has 7 heteroatoms. The maximum Gasteiger partial charge on any atom is 0.253 e. The van der Waals surface area contributed by atoms with Gasteiger partial charge in [-0.25, -0.2) is 4.98 Å². The van der Waals surface area contributed by atoms with E-state index in [-0.39, 0.29) is 18.0 Å². The van der Waals surface area contributed by atoms with Gasteiger partial charge in [-0.2, -0.15) is 0 Å². The standard InChI is InChI=1S/C15H13N3O2S2/c1-10-4-2-6-18(14(10)20)8-13(19)17-15-16-11(9-22-15)12-5-3-7-21-12/h2-7,9H,8H2,1H3,(H,16,17,19). The second-order valence-electron chi connectivity index (χ2n) is 4.69. The van der Waals surface area contributed by atoms with Crippen molar-refractivity contribution in [1.82, 2.24) is 9.55 Å². The van der Waals surface area contributed by atoms with E-state index < -0.39 is 0 Å². The summed E-state index contributed by atoms with van der Waals surface area (Å²) in [5, 5.41) is 7.16. The summed E-state index contributed by atoms with van der Waals surface area (Å²) in [6.07, 6.45) is 1.61. The Bertz CT molecular complexity index is 850. The lowest BCUT2D eigenvalue weighted by Crippen LogP contribution is -2.28. The van der Waals surface area contributed by atoms with Crippen molar-refractivity contribution < 1.29 is 4.79 Å². The van der Waals surface area contributed by atoms with Gasteiger partial charge in [0, 0.05) is 17.1 Å². The van der Waals surface area contributed by atoms with Crippen molar-refractivity contribution in [1.29, 1.82) is 0 Å². The third-order valence-electron chi connectivity index (χ3n) is 3.05. The third-order valence-corrected chi connectivity index (χ3v) is 4.70. The molecule has 5 nitrogen and oxygen atoms in total. The van der Waals surface area contributed by atoms with E-state index in [1.54, 1.807) is 36.6 Å². The van der Waals surface area contributed by atoms with Crippen LogP contribution in [-0.2, 0) is 11.3 Å². The van der Waals surface area contributed by atoms with Crippen LogP contribution in [0.4, 0.5) is 5.13 Å². The number of anilines is 1. The van der Waals surface area contributed by atoms with Crippen LogP contribution >= 0.6 is 22.7 Å². The van der Waals surface area contributed by atoms with Crippen LogP contribution in [0.15, 0.2) is 46.0 Å². The van der Waals surface area contributed by atoms with Gasteiger partial charge in [-0.1, -0.05) is 12.1 Å². The number of carbonyl (C=O) groups is 1. The first kappa shape index (κ1) is 14.7. The Balaban J connectivity index is 1.70. The van der Waals surface area contributed by atoms with Gasteiger partial charge < -0.3 is 9.88 Å². The highest BCUT2D eigenvalue weighted by atomic mass is 32.1. The summed E-state index contributed by atoms with van der Waals surface area (Å²) >= 11 is 2.97. The molecule has 3 aromatic rings. The fourth-order valence-electron chi connectivity index (χ4n) is 1.96. The zero-order valence-electron chi connectivity index (χ0n) is 11.8. The van der Waals surface area contributed by atoms with Crippen molar-refractivity contribution in [2.45, 2.75) is 13.5 Å². The number of pyridine rings is 1. The molecule has 3 aromatic heterocycles. The molecule has 3 rings (SSSR count). The van der Waals surface area contributed by atoms with Gasteiger partial charge in [-0.3, -0.25) is 9.59 Å². The summed E-state index contributed by atoms with van der Waals surface area (Å²) < 4.78 is 1.39. The highest BCUT2D eigenvalue weighted by molar-refractivity contribution is 7.16. The maximum atomic E-state index is 12.0. The van der Waals surface area contributed by atoms with Crippen LogP contribution in [0.2, 0.25) is 0 Å². The first-order valence-corrected chi connectivity index (χ1v) is 8.35. The van der Waals surface area contributed by atoms with Gasteiger partial charge in [0.05, 0.1) is 10.6 Å². The average Bonchev–Trinajstić information content (AvgIpc) is 3.14. The Kier molecular flexibility index (Phi) is 4.17. The first-order chi connectivity index (χ1) is 10.6. The summed E-state index contributed by atoms with van der Waals surface area (Å²) in [4.78, 5) is 29.4. The normalized spacial score (nSPS) is 10.6. The summed E-state index contributed by atoms with van der Waals surface area (Å²) in [5.74, 6) is -0.264. The van der Waals surface area contributed by atoms with Gasteiger partial charge >= 0.3 is 0 Å². The number of carbonyl (C=O) groups excluding carboxylic acids is 1. The fourth-order valence-corrected chi connectivity index (χ4v) is 3.45. The number of thiazole rings is 1. The molecule has 1 amide bonds. The zero-order valence-corrected chi connectivity index (χ0v) is 13.4. The Hall–Kier alpha value is -2.25. The molecule has 0 aliphatic heterocycles. The largest absolute Gasteiger partial charge is 0.306 e. The van der Waals surface area contributed by atoms with Crippen molar-refractivity contribution in [3.05, 3.63) is 57.1 Å². The number of aromatic nitrogens is 2. The highest BCUT2D eigenvalue weighted by Gasteiger charge is 2.10. The van der Waals surface area contributed by atoms with Crippen LogP contribution in [0.25, 0.3) is 10.6 Å². The number of nitrogens with one attached hydrogen (secondary N) is 1. The summed E-state index contributed by atoms with van der Waals surface area (Å²) in [6, 6.07) is 7.42. The zero-order chi connectivity index (χ0) is 15.5. The molecule has 0 unspecified atom stereocenters. The molecule has 0 radical (unpaired) electrons. The van der Waals surface area contributed by atoms with Crippen molar-refractivity contribution >= 4 is 33.7 Å². The molecule has 22 heavy (non-hydrogen) atoms. The monoisotopic (exact) mass is 331 g/mol. The average molecular weight is 331 g/mol. The Labute approximate surface area is 134 Å². The molecule has 1 N–H and O–H groups in total. The SMILES string of the molecule is Cc1cccn(CC(=O)Nc2nc(-c3cccs3)cs2)c1=O. The quantitative estimate of drug-likeness (QED) is 0.799. The summed E-state index contributed by atoms with van der Waals surface area (Å²) in [7, 11) is 0. The molecule has 3 heterocycles. The number of amides is 1. The predicted octanol–water partition coefficient (Wildman–Crippen LogP) is 2.98. The van der Waals surface area contributed by atoms with Crippen LogP contribution in [0.1, 0.15) is 5.56 Å². The molecule has 0 aliphatic rings. The Morgan fingerprint density at radius 2 is 2.18 bits per heavy atom. The van der Waals surface area contributed by atoms with Crippen LogP contribution in [0.5, 0.6) is 0 Å². The Morgan fingerprint density at radius 3 is 2.95 bits per heavy atom. The lowest BCUT2D eigenvalue weighted by Gasteiger charge is -2.05. The molecule has 0 saturated carbocycles. The van der Waals surface area contributed by atoms with E-state index in [1.807, 2.05) is 22.9 Å². The predicted molar refractivity (Wildman–Crippen MR) is 89.5 cm³/mol. The molecule has 0 aromatic carbocycles. The lowest BCUT2D eigenvalue weighted by molar-refractivity contribution is -0.116. The number of hydrogen-bond donors (Lipinski definition) is 1. The number of thiophene rings is 1. The molecule has 0 atom stereocenters. The molecule has 0 aliphatic carbocycles. The van der Waals surface area contributed by atoms with Crippen molar-refractivity contribution in [2.75, 3.05) is 5.32 Å². The van der Waals surface area contributed by atoms with Gasteiger partial charge in [-0.05, 0) is 24.4 Å². The second-order valence-corrected chi connectivity index (χ2v) is 6.49. The van der Waals surface area contributed by atoms with E-state index >= 15 is 0 Å². The molecular formula is C15H13N3O2S2. The molecular weight excluding hydrogens is 318 g/mol. The second kappa shape index (κ2) is 6.25. The van der Waals surface area contributed by atoms with Crippen molar-refractivity contribution in [3.63, 3.8) is 0 Å². The van der Waals surface area contributed by atoms with Gasteiger partial charge in [0.2, 0.25) is 5.91 Å². The first-order valence-electron chi connectivity index (χ1n) is 6.59. The van der Waals surface area contributed by atoms with Crippen LogP contribution < -0.4 is 10.9 Å². The summed E-state index contributed by atoms with van der Waals surface area (Å²) in [5.41, 5.74) is 1.31. The minimum atomic E-state index is -0.264. The highest BCUT2D eigenvalue weighted by Crippen LogP contribution is 2.28. The van der Waals surface area contributed by atoms with Gasteiger partial charge in [-0.15, -0.1) is 22.7 Å². The summed E-state index contributed by atoms with van der Waals surface area (Å²) in [6.45, 7) is 1.71. The molecule has 0 bridgehead atoms. The van der Waals surface area contributed by atoms with E-state index in [2.05, 4.69) is 10.3 Å². The van der Waals surface area contributed by atoms with Gasteiger partial charge in [0.15, 0.2) is 5.13 Å². The van der Waals surface area contributed by atoms with Crippen molar-refractivity contribution in [2.24, 2.45) is 0 Å².